The monoisotopic (exact) mass is 193 g/mol. The summed E-state index contributed by atoms with van der Waals surface area (Å²) in [7, 11) is 0. The molecule has 3 nitrogen and oxygen atoms in total. The molecule has 0 heterocycles. The summed E-state index contributed by atoms with van der Waals surface area (Å²) in [4.78, 5) is 0. The molecule has 2 rings (SSSR count). The van der Waals surface area contributed by atoms with E-state index in [4.69, 9.17) is 10.8 Å². The molecule has 1 aliphatic carbocycles. The Labute approximate surface area is 83.2 Å². The number of aromatic hydroxyl groups is 1. The largest absolute Gasteiger partial charge is 0.507 e. The number of aliphatic hydroxyl groups excluding tert-OH is 1. The molecular weight excluding hydrogens is 178 g/mol. The SMILES string of the molecule is N[C@H]1CCCc2c1ccc(CO)c2O. The van der Waals surface area contributed by atoms with Gasteiger partial charge in [0.15, 0.2) is 0 Å². The Bertz CT molecular complexity index is 349. The molecule has 0 spiro atoms. The van der Waals surface area contributed by atoms with Crippen molar-refractivity contribution in [1.29, 1.82) is 0 Å². The molecule has 0 radical (unpaired) electrons. The maximum atomic E-state index is 9.84. The Morgan fingerprint density at radius 1 is 1.43 bits per heavy atom. The Balaban J connectivity index is 2.52. The lowest BCUT2D eigenvalue weighted by Gasteiger charge is -2.23. The zero-order valence-corrected chi connectivity index (χ0v) is 8.03. The number of fused-ring (bicyclic) bond motifs is 1. The molecule has 0 aromatic heterocycles. The van der Waals surface area contributed by atoms with Crippen molar-refractivity contribution in [3.05, 3.63) is 28.8 Å². The Morgan fingerprint density at radius 2 is 2.21 bits per heavy atom. The molecule has 0 amide bonds. The number of hydrogen-bond donors (Lipinski definition) is 3. The van der Waals surface area contributed by atoms with Gasteiger partial charge in [-0.2, -0.15) is 0 Å². The van der Waals surface area contributed by atoms with Gasteiger partial charge in [0, 0.05) is 11.6 Å². The van der Waals surface area contributed by atoms with E-state index in [0.717, 1.165) is 30.4 Å². The normalized spacial score (nSPS) is 20.6. The van der Waals surface area contributed by atoms with Gasteiger partial charge in [0.2, 0.25) is 0 Å². The zero-order valence-electron chi connectivity index (χ0n) is 8.03. The summed E-state index contributed by atoms with van der Waals surface area (Å²) in [5.74, 6) is 0.236. The second kappa shape index (κ2) is 3.59. The van der Waals surface area contributed by atoms with Crippen molar-refractivity contribution in [3.8, 4) is 5.75 Å². The van der Waals surface area contributed by atoms with E-state index in [1.165, 1.54) is 0 Å². The summed E-state index contributed by atoms with van der Waals surface area (Å²) < 4.78 is 0. The number of nitrogens with two attached hydrogens (primary N) is 1. The molecule has 0 aliphatic heterocycles. The van der Waals surface area contributed by atoms with Gasteiger partial charge >= 0.3 is 0 Å². The minimum atomic E-state index is -0.117. The molecule has 14 heavy (non-hydrogen) atoms. The van der Waals surface area contributed by atoms with E-state index in [1.807, 2.05) is 6.07 Å². The van der Waals surface area contributed by atoms with Crippen LogP contribution in [0.4, 0.5) is 0 Å². The van der Waals surface area contributed by atoms with Gasteiger partial charge in [0.05, 0.1) is 6.61 Å². The standard InChI is InChI=1S/C11H15NO2/c12-10-3-1-2-9-8(10)5-4-7(6-13)11(9)14/h4-5,10,13-14H,1-3,6,12H2/t10-/m0/s1. The minimum Gasteiger partial charge on any atom is -0.507 e. The summed E-state index contributed by atoms with van der Waals surface area (Å²) in [5.41, 5.74) is 8.49. The Kier molecular flexibility index (Phi) is 2.44. The Morgan fingerprint density at radius 3 is 2.93 bits per heavy atom. The van der Waals surface area contributed by atoms with Gasteiger partial charge in [-0.1, -0.05) is 12.1 Å². The lowest BCUT2D eigenvalue weighted by atomic mass is 9.86. The highest BCUT2D eigenvalue weighted by molar-refractivity contribution is 5.47. The van der Waals surface area contributed by atoms with Crippen LogP contribution < -0.4 is 5.73 Å². The maximum absolute atomic E-state index is 9.84. The van der Waals surface area contributed by atoms with Crippen LogP contribution in [0.15, 0.2) is 12.1 Å². The molecule has 0 unspecified atom stereocenters. The third-order valence-corrected chi connectivity index (χ3v) is 2.91. The molecular formula is C11H15NO2. The fourth-order valence-electron chi connectivity index (χ4n) is 2.09. The van der Waals surface area contributed by atoms with Crippen LogP contribution in [-0.4, -0.2) is 10.2 Å². The molecule has 0 bridgehead atoms. The molecule has 1 aliphatic rings. The molecule has 1 aromatic carbocycles. The van der Waals surface area contributed by atoms with Crippen LogP contribution in [0.1, 0.15) is 35.6 Å². The average molecular weight is 193 g/mol. The van der Waals surface area contributed by atoms with Crippen LogP contribution >= 0.6 is 0 Å². The third-order valence-electron chi connectivity index (χ3n) is 2.91. The predicted octanol–water partition coefficient (Wildman–Crippen LogP) is 1.22. The first-order chi connectivity index (χ1) is 6.74. The highest BCUT2D eigenvalue weighted by Crippen LogP contribution is 2.35. The molecule has 0 fully saturated rings. The zero-order chi connectivity index (χ0) is 10.1. The minimum absolute atomic E-state index is 0.0393. The van der Waals surface area contributed by atoms with Crippen molar-refractivity contribution in [2.45, 2.75) is 31.9 Å². The second-order valence-electron chi connectivity index (χ2n) is 3.80. The lowest BCUT2D eigenvalue weighted by molar-refractivity contribution is 0.274. The maximum Gasteiger partial charge on any atom is 0.124 e. The Hall–Kier alpha value is -1.06. The van der Waals surface area contributed by atoms with Gasteiger partial charge in [-0.15, -0.1) is 0 Å². The van der Waals surface area contributed by atoms with E-state index in [2.05, 4.69) is 0 Å². The quantitative estimate of drug-likeness (QED) is 0.628. The first kappa shape index (κ1) is 9.49. The van der Waals surface area contributed by atoms with Gasteiger partial charge in [0.1, 0.15) is 5.75 Å². The first-order valence-electron chi connectivity index (χ1n) is 4.94. The third kappa shape index (κ3) is 1.38. The van der Waals surface area contributed by atoms with E-state index < -0.39 is 0 Å². The number of benzene rings is 1. The molecule has 3 heteroatoms. The van der Waals surface area contributed by atoms with Crippen molar-refractivity contribution in [3.63, 3.8) is 0 Å². The average Bonchev–Trinajstić information content (AvgIpc) is 2.20. The van der Waals surface area contributed by atoms with Gasteiger partial charge in [-0.3, -0.25) is 0 Å². The highest BCUT2D eigenvalue weighted by atomic mass is 16.3. The van der Waals surface area contributed by atoms with Crippen LogP contribution in [0.5, 0.6) is 5.75 Å². The molecule has 1 atom stereocenters. The second-order valence-corrected chi connectivity index (χ2v) is 3.80. The van der Waals surface area contributed by atoms with Gasteiger partial charge in [-0.05, 0) is 30.4 Å². The van der Waals surface area contributed by atoms with Crippen molar-refractivity contribution in [2.75, 3.05) is 0 Å². The summed E-state index contributed by atoms with van der Waals surface area (Å²) in [6, 6.07) is 3.71. The smallest absolute Gasteiger partial charge is 0.124 e. The molecule has 76 valence electrons. The van der Waals surface area contributed by atoms with Crippen molar-refractivity contribution >= 4 is 0 Å². The van der Waals surface area contributed by atoms with Gasteiger partial charge in [-0.25, -0.2) is 0 Å². The molecule has 4 N–H and O–H groups in total. The summed E-state index contributed by atoms with van der Waals surface area (Å²) in [5, 5.41) is 18.8. The lowest BCUT2D eigenvalue weighted by Crippen LogP contribution is -2.17. The van der Waals surface area contributed by atoms with Crippen molar-refractivity contribution in [2.24, 2.45) is 5.73 Å². The fraction of sp³-hybridized carbons (Fsp3) is 0.455. The summed E-state index contributed by atoms with van der Waals surface area (Å²) in [6.07, 6.45) is 2.85. The van der Waals surface area contributed by atoms with Gasteiger partial charge in [0.25, 0.3) is 0 Å². The van der Waals surface area contributed by atoms with Crippen molar-refractivity contribution in [1.82, 2.24) is 0 Å². The van der Waals surface area contributed by atoms with E-state index in [0.29, 0.717) is 5.56 Å². The van der Waals surface area contributed by atoms with Crippen LogP contribution in [0.25, 0.3) is 0 Å². The predicted molar refractivity (Wildman–Crippen MR) is 53.9 cm³/mol. The van der Waals surface area contributed by atoms with Crippen LogP contribution in [0.3, 0.4) is 0 Å². The summed E-state index contributed by atoms with van der Waals surface area (Å²) in [6.45, 7) is -0.117. The first-order valence-corrected chi connectivity index (χ1v) is 4.94. The summed E-state index contributed by atoms with van der Waals surface area (Å²) >= 11 is 0. The van der Waals surface area contributed by atoms with Crippen molar-refractivity contribution < 1.29 is 10.2 Å². The molecule has 0 saturated carbocycles. The van der Waals surface area contributed by atoms with Crippen LogP contribution in [0.2, 0.25) is 0 Å². The fourth-order valence-corrected chi connectivity index (χ4v) is 2.09. The van der Waals surface area contributed by atoms with E-state index in [9.17, 15) is 5.11 Å². The van der Waals surface area contributed by atoms with E-state index >= 15 is 0 Å². The van der Waals surface area contributed by atoms with Crippen LogP contribution in [-0.2, 0) is 13.0 Å². The highest BCUT2D eigenvalue weighted by Gasteiger charge is 2.20. The van der Waals surface area contributed by atoms with Crippen LogP contribution in [0, 0.1) is 0 Å². The van der Waals surface area contributed by atoms with E-state index in [1.54, 1.807) is 6.07 Å². The van der Waals surface area contributed by atoms with E-state index in [-0.39, 0.29) is 18.4 Å². The molecule has 1 aromatic rings. The topological polar surface area (TPSA) is 66.5 Å². The van der Waals surface area contributed by atoms with Gasteiger partial charge < -0.3 is 15.9 Å². The number of aliphatic hydroxyl groups is 1. The number of rotatable bonds is 1. The number of phenols is 1. The number of hydrogen-bond acceptors (Lipinski definition) is 3. The molecule has 0 saturated heterocycles.